The summed E-state index contributed by atoms with van der Waals surface area (Å²) in [5, 5.41) is 0. The lowest BCUT2D eigenvalue weighted by atomic mass is 9.88. The van der Waals surface area contributed by atoms with Crippen LogP contribution in [0.1, 0.15) is 48.2 Å². The molecule has 0 aliphatic carbocycles. The molecule has 106 valence electrons. The van der Waals surface area contributed by atoms with Gasteiger partial charge in [-0.25, -0.2) is 0 Å². The lowest BCUT2D eigenvalue weighted by Crippen LogP contribution is -2.28. The van der Waals surface area contributed by atoms with E-state index in [1.54, 1.807) is 0 Å². The largest absolute Gasteiger partial charge is 0.322 e. The molecule has 2 heteroatoms. The summed E-state index contributed by atoms with van der Waals surface area (Å²) in [5.74, 6) is 0. The lowest BCUT2D eigenvalue weighted by molar-refractivity contribution is 0.566. The molecule has 0 radical (unpaired) electrons. The third kappa shape index (κ3) is 2.92. The van der Waals surface area contributed by atoms with Crippen molar-refractivity contribution in [2.45, 2.75) is 38.8 Å². The maximum Gasteiger partial charge on any atom is 0.0493 e. The van der Waals surface area contributed by atoms with Crippen LogP contribution in [0.4, 0.5) is 0 Å². The normalized spacial score (nSPS) is 14.0. The number of nitrogens with two attached hydrogens (primary N) is 2. The molecule has 0 saturated carbocycles. The number of aryl methyl sites for hydroxylation is 2. The molecule has 0 aromatic heterocycles. The second-order valence-corrected chi connectivity index (χ2v) is 5.16. The molecule has 20 heavy (non-hydrogen) atoms. The zero-order chi connectivity index (χ0) is 14.5. The van der Waals surface area contributed by atoms with E-state index in [2.05, 4.69) is 50.2 Å². The van der Waals surface area contributed by atoms with Gasteiger partial charge in [0.2, 0.25) is 0 Å². The van der Waals surface area contributed by atoms with Gasteiger partial charge in [0.15, 0.2) is 0 Å². The van der Waals surface area contributed by atoms with Gasteiger partial charge in [0, 0.05) is 12.1 Å². The van der Waals surface area contributed by atoms with Gasteiger partial charge in [0.25, 0.3) is 0 Å². The highest BCUT2D eigenvalue weighted by molar-refractivity contribution is 5.36. The zero-order valence-electron chi connectivity index (χ0n) is 12.3. The molecule has 2 atom stereocenters. The molecular formula is C18H24N2. The molecular weight excluding hydrogens is 244 g/mol. The van der Waals surface area contributed by atoms with Crippen LogP contribution >= 0.6 is 0 Å². The van der Waals surface area contributed by atoms with Gasteiger partial charge in [-0.1, -0.05) is 62.4 Å². The first-order valence-electron chi connectivity index (χ1n) is 7.35. The molecule has 0 aliphatic heterocycles. The molecule has 2 nitrogen and oxygen atoms in total. The van der Waals surface area contributed by atoms with Crippen molar-refractivity contribution in [3.05, 3.63) is 70.8 Å². The summed E-state index contributed by atoms with van der Waals surface area (Å²) >= 11 is 0. The fraction of sp³-hybridized carbons (Fsp3) is 0.333. The third-order valence-electron chi connectivity index (χ3n) is 3.98. The Kier molecular flexibility index (Phi) is 4.94. The van der Waals surface area contributed by atoms with Gasteiger partial charge in [0.05, 0.1) is 0 Å². The van der Waals surface area contributed by atoms with Gasteiger partial charge < -0.3 is 11.5 Å². The summed E-state index contributed by atoms with van der Waals surface area (Å²) in [6, 6.07) is 16.3. The molecule has 0 fully saturated rings. The van der Waals surface area contributed by atoms with Crippen LogP contribution in [0.15, 0.2) is 48.5 Å². The van der Waals surface area contributed by atoms with Gasteiger partial charge in [-0.15, -0.1) is 0 Å². The lowest BCUT2D eigenvalue weighted by Gasteiger charge is -2.24. The van der Waals surface area contributed by atoms with Crippen molar-refractivity contribution in [3.8, 4) is 0 Å². The Morgan fingerprint density at radius 3 is 1.40 bits per heavy atom. The van der Waals surface area contributed by atoms with Crippen molar-refractivity contribution in [1.82, 2.24) is 0 Å². The van der Waals surface area contributed by atoms with Crippen molar-refractivity contribution in [2.24, 2.45) is 11.5 Å². The minimum atomic E-state index is -0.168. The Balaban J connectivity index is 2.35. The third-order valence-corrected chi connectivity index (χ3v) is 3.98. The number of rotatable bonds is 5. The average Bonchev–Trinajstić information content (AvgIpc) is 2.53. The Morgan fingerprint density at radius 2 is 1.05 bits per heavy atom. The summed E-state index contributed by atoms with van der Waals surface area (Å²) in [5.41, 5.74) is 17.8. The van der Waals surface area contributed by atoms with Gasteiger partial charge in [-0.3, -0.25) is 0 Å². The predicted octanol–water partition coefficient (Wildman–Crippen LogP) is 3.51. The van der Waals surface area contributed by atoms with E-state index in [9.17, 15) is 0 Å². The molecule has 2 rings (SSSR count). The van der Waals surface area contributed by atoms with Crippen molar-refractivity contribution in [2.75, 3.05) is 0 Å². The number of benzene rings is 2. The SMILES string of the molecule is CCc1ccccc1C(N)C(N)c1ccccc1CC. The highest BCUT2D eigenvalue weighted by Gasteiger charge is 2.20. The van der Waals surface area contributed by atoms with Crippen LogP contribution < -0.4 is 11.5 Å². The van der Waals surface area contributed by atoms with Crippen LogP contribution in [-0.2, 0) is 12.8 Å². The molecule has 0 aliphatic rings. The molecule has 0 heterocycles. The van der Waals surface area contributed by atoms with E-state index < -0.39 is 0 Å². The Labute approximate surface area is 121 Å². The van der Waals surface area contributed by atoms with Crippen LogP contribution in [0.5, 0.6) is 0 Å². The van der Waals surface area contributed by atoms with Crippen molar-refractivity contribution < 1.29 is 0 Å². The van der Waals surface area contributed by atoms with Crippen molar-refractivity contribution in [1.29, 1.82) is 0 Å². The topological polar surface area (TPSA) is 52.0 Å². The Bertz CT molecular complexity index is 511. The highest BCUT2D eigenvalue weighted by Crippen LogP contribution is 2.29. The second-order valence-electron chi connectivity index (χ2n) is 5.16. The summed E-state index contributed by atoms with van der Waals surface area (Å²) in [6.07, 6.45) is 1.96. The minimum Gasteiger partial charge on any atom is -0.322 e. The fourth-order valence-electron chi connectivity index (χ4n) is 2.75. The van der Waals surface area contributed by atoms with E-state index in [0.29, 0.717) is 0 Å². The maximum atomic E-state index is 6.45. The number of hydrogen-bond donors (Lipinski definition) is 2. The van der Waals surface area contributed by atoms with E-state index >= 15 is 0 Å². The Hall–Kier alpha value is -1.64. The molecule has 0 saturated heterocycles. The maximum absolute atomic E-state index is 6.45. The summed E-state index contributed by atoms with van der Waals surface area (Å²) in [4.78, 5) is 0. The van der Waals surface area contributed by atoms with Gasteiger partial charge in [-0.2, -0.15) is 0 Å². The van der Waals surface area contributed by atoms with Crippen molar-refractivity contribution in [3.63, 3.8) is 0 Å². The highest BCUT2D eigenvalue weighted by atomic mass is 14.8. The van der Waals surface area contributed by atoms with Crippen LogP contribution in [-0.4, -0.2) is 0 Å². The molecule has 0 bridgehead atoms. The van der Waals surface area contributed by atoms with Crippen LogP contribution in [0.2, 0.25) is 0 Å². The predicted molar refractivity (Wildman–Crippen MR) is 85.5 cm³/mol. The fourth-order valence-corrected chi connectivity index (χ4v) is 2.75. The quantitative estimate of drug-likeness (QED) is 0.872. The summed E-state index contributed by atoms with van der Waals surface area (Å²) in [6.45, 7) is 4.30. The van der Waals surface area contributed by atoms with Crippen LogP contribution in [0.3, 0.4) is 0 Å². The first-order chi connectivity index (χ1) is 9.69. The standard InChI is InChI=1S/C18H24N2/c1-3-13-9-5-7-11-15(13)17(19)18(20)16-12-8-6-10-14(16)4-2/h5-12,17-18H,3-4,19-20H2,1-2H3. The summed E-state index contributed by atoms with van der Waals surface area (Å²) < 4.78 is 0. The van der Waals surface area contributed by atoms with E-state index in [-0.39, 0.29) is 12.1 Å². The minimum absolute atomic E-state index is 0.168. The Morgan fingerprint density at radius 1 is 0.700 bits per heavy atom. The van der Waals surface area contributed by atoms with Crippen LogP contribution in [0.25, 0.3) is 0 Å². The van der Waals surface area contributed by atoms with E-state index in [4.69, 9.17) is 11.5 Å². The zero-order valence-corrected chi connectivity index (χ0v) is 12.3. The van der Waals surface area contributed by atoms with E-state index in [0.717, 1.165) is 24.0 Å². The van der Waals surface area contributed by atoms with Crippen LogP contribution in [0, 0.1) is 0 Å². The molecule has 2 aromatic carbocycles. The van der Waals surface area contributed by atoms with Gasteiger partial charge in [-0.05, 0) is 35.1 Å². The average molecular weight is 268 g/mol. The second kappa shape index (κ2) is 6.69. The molecule has 0 spiro atoms. The molecule has 0 amide bonds. The smallest absolute Gasteiger partial charge is 0.0493 e. The monoisotopic (exact) mass is 268 g/mol. The molecule has 2 aromatic rings. The molecule has 4 N–H and O–H groups in total. The first-order valence-corrected chi connectivity index (χ1v) is 7.35. The van der Waals surface area contributed by atoms with E-state index in [1.807, 2.05) is 12.1 Å². The van der Waals surface area contributed by atoms with Crippen molar-refractivity contribution >= 4 is 0 Å². The first kappa shape index (κ1) is 14.8. The van der Waals surface area contributed by atoms with Gasteiger partial charge in [0.1, 0.15) is 0 Å². The molecule has 2 unspecified atom stereocenters. The van der Waals surface area contributed by atoms with E-state index in [1.165, 1.54) is 11.1 Å². The van der Waals surface area contributed by atoms with Gasteiger partial charge >= 0.3 is 0 Å². The summed E-state index contributed by atoms with van der Waals surface area (Å²) in [7, 11) is 0. The number of hydrogen-bond acceptors (Lipinski definition) is 2.